The van der Waals surface area contributed by atoms with Gasteiger partial charge in [-0.15, -0.1) is 11.3 Å². The molecule has 1 N–H and O–H groups in total. The highest BCUT2D eigenvalue weighted by Gasteiger charge is 2.31. The zero-order valence-corrected chi connectivity index (χ0v) is 15.2. The number of nitrogens with zero attached hydrogens (tertiary/aromatic N) is 2. The average molecular weight is 373 g/mol. The number of nitrogens with one attached hydrogen (secondary N) is 1. The molecule has 0 unspecified atom stereocenters. The van der Waals surface area contributed by atoms with Crippen LogP contribution in [0.25, 0.3) is 10.1 Å². The Morgan fingerprint density at radius 2 is 2.20 bits per heavy atom. The van der Waals surface area contributed by atoms with Gasteiger partial charge < -0.3 is 15.0 Å². The fraction of sp³-hybridized carbons (Fsp3) is 0.222. The summed E-state index contributed by atoms with van der Waals surface area (Å²) in [6.45, 7) is 1.72. The number of hydrogen-bond acceptors (Lipinski definition) is 4. The minimum atomic E-state index is -0.186. The van der Waals surface area contributed by atoms with E-state index in [2.05, 4.69) is 20.6 Å². The van der Waals surface area contributed by atoms with Gasteiger partial charge in [-0.3, -0.25) is 0 Å². The molecule has 0 bridgehead atoms. The topological polar surface area (TPSA) is 37.4 Å². The smallest absolute Gasteiger partial charge is 0.213 e. The number of likely N-dealkylation sites (tertiary alicyclic amines) is 1. The fourth-order valence-corrected chi connectivity index (χ4v) is 4.29. The van der Waals surface area contributed by atoms with Crippen LogP contribution >= 0.6 is 23.6 Å². The van der Waals surface area contributed by atoms with E-state index in [1.54, 1.807) is 36.8 Å². The second-order valence-corrected chi connectivity index (χ2v) is 7.25. The summed E-state index contributed by atoms with van der Waals surface area (Å²) in [6.07, 6.45) is 1.70. The van der Waals surface area contributed by atoms with Crippen molar-refractivity contribution in [1.29, 1.82) is 0 Å². The second-order valence-electron chi connectivity index (χ2n) is 5.95. The molecule has 0 atom stereocenters. The van der Waals surface area contributed by atoms with Gasteiger partial charge in [0.05, 0.1) is 19.0 Å². The Bertz CT molecular complexity index is 920. The highest BCUT2D eigenvalue weighted by Crippen LogP contribution is 2.36. The standard InChI is InChI=1S/C18H16FN3OS2/c1-23-17-5-3-13(7-20-17)21-18(24)22-8-11(9-22)15-10-25-16-6-12(19)2-4-14(15)16/h2-7,10-11H,8-9H2,1H3,(H,21,24). The number of ether oxygens (including phenoxy) is 1. The number of halogens is 1. The van der Waals surface area contributed by atoms with Crippen LogP contribution in [0.4, 0.5) is 10.1 Å². The minimum Gasteiger partial charge on any atom is -0.481 e. The molecule has 4 nitrogen and oxygen atoms in total. The maximum Gasteiger partial charge on any atom is 0.213 e. The molecule has 128 valence electrons. The zero-order chi connectivity index (χ0) is 17.4. The molecule has 3 heterocycles. The van der Waals surface area contributed by atoms with Crippen LogP contribution in [0.15, 0.2) is 41.9 Å². The lowest BCUT2D eigenvalue weighted by atomic mass is 9.91. The maximum atomic E-state index is 13.3. The van der Waals surface area contributed by atoms with Crippen LogP contribution in [-0.4, -0.2) is 35.2 Å². The Morgan fingerprint density at radius 3 is 2.92 bits per heavy atom. The van der Waals surface area contributed by atoms with E-state index in [0.717, 1.165) is 28.9 Å². The van der Waals surface area contributed by atoms with Crippen molar-refractivity contribution in [2.24, 2.45) is 0 Å². The van der Waals surface area contributed by atoms with Crippen LogP contribution in [0, 0.1) is 5.82 Å². The monoisotopic (exact) mass is 373 g/mol. The van der Waals surface area contributed by atoms with Crippen molar-refractivity contribution >= 4 is 44.4 Å². The molecule has 0 amide bonds. The molecule has 1 fully saturated rings. The van der Waals surface area contributed by atoms with Crippen molar-refractivity contribution in [3.63, 3.8) is 0 Å². The van der Waals surface area contributed by atoms with Crippen LogP contribution in [0.3, 0.4) is 0 Å². The SMILES string of the molecule is COc1ccc(NC(=S)N2CC(c3csc4cc(F)ccc34)C2)cn1. The maximum absolute atomic E-state index is 13.3. The Balaban J connectivity index is 1.39. The number of benzene rings is 1. The molecule has 0 spiro atoms. The van der Waals surface area contributed by atoms with Crippen molar-refractivity contribution in [2.45, 2.75) is 5.92 Å². The van der Waals surface area contributed by atoms with Crippen LogP contribution in [0.5, 0.6) is 5.88 Å². The number of thiophene rings is 1. The zero-order valence-electron chi connectivity index (χ0n) is 13.5. The first-order chi connectivity index (χ1) is 12.1. The molecule has 2 aromatic heterocycles. The lowest BCUT2D eigenvalue weighted by molar-refractivity contribution is 0.258. The summed E-state index contributed by atoms with van der Waals surface area (Å²) in [5.74, 6) is 0.809. The summed E-state index contributed by atoms with van der Waals surface area (Å²) < 4.78 is 19.4. The summed E-state index contributed by atoms with van der Waals surface area (Å²) in [5.41, 5.74) is 2.12. The Kier molecular flexibility index (Phi) is 4.27. The lowest BCUT2D eigenvalue weighted by Gasteiger charge is -2.41. The number of aromatic nitrogens is 1. The van der Waals surface area contributed by atoms with Gasteiger partial charge in [-0.25, -0.2) is 9.37 Å². The number of methoxy groups -OCH3 is 1. The van der Waals surface area contributed by atoms with Gasteiger partial charge in [0.25, 0.3) is 0 Å². The number of fused-ring (bicyclic) bond motifs is 1. The molecule has 1 aliphatic heterocycles. The lowest BCUT2D eigenvalue weighted by Crippen LogP contribution is -2.50. The number of hydrogen-bond donors (Lipinski definition) is 1. The average Bonchev–Trinajstić information content (AvgIpc) is 2.97. The number of pyridine rings is 1. The van der Waals surface area contributed by atoms with Gasteiger partial charge in [0.1, 0.15) is 5.82 Å². The molecule has 0 aliphatic carbocycles. The first-order valence-corrected chi connectivity index (χ1v) is 9.15. The molecule has 0 saturated carbocycles. The fourth-order valence-electron chi connectivity index (χ4n) is 2.96. The van der Waals surface area contributed by atoms with Gasteiger partial charge in [0.2, 0.25) is 5.88 Å². The van der Waals surface area contributed by atoms with Crippen molar-refractivity contribution in [3.8, 4) is 5.88 Å². The van der Waals surface area contributed by atoms with E-state index < -0.39 is 0 Å². The van der Waals surface area contributed by atoms with Gasteiger partial charge >= 0.3 is 0 Å². The quantitative estimate of drug-likeness (QED) is 0.695. The van der Waals surface area contributed by atoms with Crippen molar-refractivity contribution in [3.05, 3.63) is 53.3 Å². The van der Waals surface area contributed by atoms with Crippen LogP contribution < -0.4 is 10.1 Å². The summed E-state index contributed by atoms with van der Waals surface area (Å²) in [7, 11) is 1.59. The molecule has 25 heavy (non-hydrogen) atoms. The van der Waals surface area contributed by atoms with Gasteiger partial charge in [-0.1, -0.05) is 6.07 Å². The van der Waals surface area contributed by atoms with Gasteiger partial charge in [-0.2, -0.15) is 0 Å². The van der Waals surface area contributed by atoms with Gasteiger partial charge in [0, 0.05) is 29.8 Å². The summed E-state index contributed by atoms with van der Waals surface area (Å²) >= 11 is 7.07. The van der Waals surface area contributed by atoms with Crippen molar-refractivity contribution < 1.29 is 9.13 Å². The van der Waals surface area contributed by atoms with Crippen LogP contribution in [-0.2, 0) is 0 Å². The molecule has 1 saturated heterocycles. The van der Waals surface area contributed by atoms with Crippen molar-refractivity contribution in [1.82, 2.24) is 9.88 Å². The third kappa shape index (κ3) is 3.17. The molecule has 0 radical (unpaired) electrons. The largest absolute Gasteiger partial charge is 0.481 e. The van der Waals surface area contributed by atoms with Crippen molar-refractivity contribution in [2.75, 3.05) is 25.5 Å². The highest BCUT2D eigenvalue weighted by atomic mass is 32.1. The third-order valence-electron chi connectivity index (χ3n) is 4.37. The molecule has 7 heteroatoms. The molecule has 4 rings (SSSR count). The summed E-state index contributed by atoms with van der Waals surface area (Å²) in [4.78, 5) is 6.28. The van der Waals surface area contributed by atoms with E-state index in [-0.39, 0.29) is 5.82 Å². The molecule has 1 aliphatic rings. The number of anilines is 1. The predicted octanol–water partition coefficient (Wildman–Crippen LogP) is 4.24. The highest BCUT2D eigenvalue weighted by molar-refractivity contribution is 7.80. The van der Waals surface area contributed by atoms with E-state index in [1.807, 2.05) is 12.1 Å². The summed E-state index contributed by atoms with van der Waals surface area (Å²) in [6, 6.07) is 8.68. The molecular weight excluding hydrogens is 357 g/mol. The third-order valence-corrected chi connectivity index (χ3v) is 5.70. The van der Waals surface area contributed by atoms with Crippen LogP contribution in [0.2, 0.25) is 0 Å². The molecular formula is C18H16FN3OS2. The number of thiocarbonyl (C=S) groups is 1. The Hall–Kier alpha value is -2.25. The normalized spacial score (nSPS) is 14.4. The number of rotatable bonds is 3. The van der Waals surface area contributed by atoms with E-state index in [9.17, 15) is 4.39 Å². The van der Waals surface area contributed by atoms with E-state index in [0.29, 0.717) is 16.9 Å². The van der Waals surface area contributed by atoms with Gasteiger partial charge in [0.15, 0.2) is 5.11 Å². The second kappa shape index (κ2) is 6.57. The Morgan fingerprint density at radius 1 is 1.36 bits per heavy atom. The molecule has 1 aromatic carbocycles. The predicted molar refractivity (Wildman–Crippen MR) is 103 cm³/mol. The minimum absolute atomic E-state index is 0.186. The Labute approximate surface area is 154 Å². The van der Waals surface area contributed by atoms with Gasteiger partial charge in [-0.05, 0) is 46.7 Å². The summed E-state index contributed by atoms with van der Waals surface area (Å²) in [5, 5.41) is 7.17. The van der Waals surface area contributed by atoms with E-state index in [4.69, 9.17) is 17.0 Å². The first kappa shape index (κ1) is 16.2. The van der Waals surface area contributed by atoms with Crippen LogP contribution in [0.1, 0.15) is 11.5 Å². The van der Waals surface area contributed by atoms with E-state index in [1.165, 1.54) is 11.6 Å². The first-order valence-electron chi connectivity index (χ1n) is 7.86. The molecule has 3 aromatic rings. The van der Waals surface area contributed by atoms with E-state index >= 15 is 0 Å².